The van der Waals surface area contributed by atoms with Crippen LogP contribution >= 0.6 is 0 Å². The van der Waals surface area contributed by atoms with Crippen molar-refractivity contribution in [3.63, 3.8) is 0 Å². The van der Waals surface area contributed by atoms with Crippen molar-refractivity contribution in [2.24, 2.45) is 0 Å². The van der Waals surface area contributed by atoms with E-state index in [-0.39, 0.29) is 23.3 Å². The molecule has 3 atom stereocenters. The highest BCUT2D eigenvalue weighted by Crippen LogP contribution is 2.46. The summed E-state index contributed by atoms with van der Waals surface area (Å²) in [6.45, 7) is 3.84. The molecule has 0 spiro atoms. The Morgan fingerprint density at radius 1 is 1.38 bits per heavy atom. The predicted octanol–water partition coefficient (Wildman–Crippen LogP) is 2.59. The first-order valence-electron chi connectivity index (χ1n) is 8.30. The van der Waals surface area contributed by atoms with Gasteiger partial charge in [-0.2, -0.15) is 13.2 Å². The van der Waals surface area contributed by atoms with Crippen molar-refractivity contribution in [2.45, 2.75) is 50.6 Å². The molecule has 1 N–H and O–H groups in total. The van der Waals surface area contributed by atoms with Gasteiger partial charge in [-0.05, 0) is 6.92 Å². The van der Waals surface area contributed by atoms with Gasteiger partial charge < -0.3 is 19.1 Å². The first-order valence-corrected chi connectivity index (χ1v) is 8.30. The van der Waals surface area contributed by atoms with E-state index in [2.05, 4.69) is 10.3 Å². The molecule has 0 aromatic carbocycles. The zero-order chi connectivity index (χ0) is 18.7. The van der Waals surface area contributed by atoms with Crippen molar-refractivity contribution < 1.29 is 32.3 Å². The van der Waals surface area contributed by atoms with E-state index >= 15 is 0 Å². The second kappa shape index (κ2) is 5.71. The van der Waals surface area contributed by atoms with Crippen molar-refractivity contribution in [1.82, 2.24) is 14.9 Å². The molecule has 0 unspecified atom stereocenters. The Kier molecular flexibility index (Phi) is 3.81. The van der Waals surface area contributed by atoms with Crippen molar-refractivity contribution >= 4 is 0 Å². The summed E-state index contributed by atoms with van der Waals surface area (Å²) in [5, 5.41) is 17.9. The molecule has 1 fully saturated rings. The fourth-order valence-corrected chi connectivity index (χ4v) is 3.32. The van der Waals surface area contributed by atoms with Crippen LogP contribution in [0.5, 0.6) is 5.88 Å². The Labute approximate surface area is 146 Å². The van der Waals surface area contributed by atoms with E-state index in [9.17, 15) is 18.3 Å². The van der Waals surface area contributed by atoms with Gasteiger partial charge in [-0.3, -0.25) is 4.68 Å². The van der Waals surface area contributed by atoms with Crippen molar-refractivity contribution in [3.8, 4) is 17.3 Å². The molecule has 2 aliphatic rings. The quantitative estimate of drug-likeness (QED) is 0.891. The summed E-state index contributed by atoms with van der Waals surface area (Å²) in [5.41, 5.74) is -2.88. The number of rotatable bonds is 3. The molecular weight excluding hydrogens is 355 g/mol. The van der Waals surface area contributed by atoms with Crippen LogP contribution in [0.3, 0.4) is 0 Å². The Morgan fingerprint density at radius 2 is 2.15 bits per heavy atom. The summed E-state index contributed by atoms with van der Waals surface area (Å²) in [6, 6.07) is 1.61. The monoisotopic (exact) mass is 373 g/mol. The largest absolute Gasteiger partial charge is 0.471 e. The van der Waals surface area contributed by atoms with E-state index in [1.807, 2.05) is 0 Å². The molecular formula is C16H18F3N3O4. The van der Waals surface area contributed by atoms with Gasteiger partial charge in [-0.1, -0.05) is 12.1 Å². The highest BCUT2D eigenvalue weighted by atomic mass is 19.4. The maximum atomic E-state index is 13.2. The van der Waals surface area contributed by atoms with E-state index in [0.29, 0.717) is 38.3 Å². The summed E-state index contributed by atoms with van der Waals surface area (Å²) < 4.78 is 57.6. The molecule has 2 aromatic heterocycles. The number of hydrogen-bond donors (Lipinski definition) is 1. The number of aliphatic hydroxyl groups is 1. The molecule has 142 valence electrons. The molecule has 1 saturated heterocycles. The summed E-state index contributed by atoms with van der Waals surface area (Å²) in [4.78, 5) is 0. The van der Waals surface area contributed by atoms with E-state index in [0.717, 1.165) is 6.42 Å². The van der Waals surface area contributed by atoms with Crippen LogP contribution < -0.4 is 4.74 Å². The van der Waals surface area contributed by atoms with Crippen LogP contribution in [0.1, 0.15) is 37.4 Å². The van der Waals surface area contributed by atoms with Crippen molar-refractivity contribution in [1.29, 1.82) is 0 Å². The fraction of sp³-hybridized carbons (Fsp3) is 0.625. The Hall–Kier alpha value is -2.07. The minimum atomic E-state index is -4.87. The minimum absolute atomic E-state index is 0.0971. The Bertz CT molecular complexity index is 821. The Morgan fingerprint density at radius 3 is 2.81 bits per heavy atom. The summed E-state index contributed by atoms with van der Waals surface area (Å²) >= 11 is 0. The first kappa shape index (κ1) is 17.3. The maximum Gasteiger partial charge on any atom is 0.422 e. The topological polar surface area (TPSA) is 82.5 Å². The smallest absolute Gasteiger partial charge is 0.422 e. The van der Waals surface area contributed by atoms with Gasteiger partial charge >= 0.3 is 6.18 Å². The summed E-state index contributed by atoms with van der Waals surface area (Å²) in [5.74, 6) is 0.166. The van der Waals surface area contributed by atoms with Gasteiger partial charge in [0.2, 0.25) is 11.5 Å². The van der Waals surface area contributed by atoms with Gasteiger partial charge in [0.1, 0.15) is 17.5 Å². The van der Waals surface area contributed by atoms with Crippen molar-refractivity contribution in [3.05, 3.63) is 17.3 Å². The lowest BCUT2D eigenvalue weighted by molar-refractivity contribution is -0.261. The molecule has 2 aliphatic heterocycles. The maximum absolute atomic E-state index is 13.2. The number of alkyl halides is 3. The number of nitrogens with zero attached hydrogens (tertiary/aromatic N) is 3. The molecule has 4 rings (SSSR count). The van der Waals surface area contributed by atoms with Gasteiger partial charge in [0.25, 0.3) is 0 Å². The van der Waals surface area contributed by atoms with E-state index < -0.39 is 17.5 Å². The lowest BCUT2D eigenvalue weighted by Gasteiger charge is -2.27. The predicted molar refractivity (Wildman–Crippen MR) is 81.6 cm³/mol. The van der Waals surface area contributed by atoms with Crippen LogP contribution in [0.15, 0.2) is 10.6 Å². The van der Waals surface area contributed by atoms with E-state index in [4.69, 9.17) is 14.0 Å². The molecule has 0 bridgehead atoms. The van der Waals surface area contributed by atoms with Gasteiger partial charge in [0.15, 0.2) is 5.76 Å². The standard InChI is InChI=1S/C16H18F3N3O4/c1-8-6-22-10(5-11(20-22)25-9-3-4-24-7-9)13-12(8)14(21-26-13)15(2,23)16(17,18)19/h5,8-9,23H,3-4,6-7H2,1-2H3/t8-,9+,15+/m1/s1. The van der Waals surface area contributed by atoms with Crippen LogP contribution in [0.2, 0.25) is 0 Å². The van der Waals surface area contributed by atoms with Crippen LogP contribution in [-0.4, -0.2) is 45.5 Å². The average Bonchev–Trinajstić information content (AvgIpc) is 3.24. The lowest BCUT2D eigenvalue weighted by Crippen LogP contribution is -2.40. The zero-order valence-corrected chi connectivity index (χ0v) is 14.2. The number of halogens is 3. The molecule has 0 radical (unpaired) electrons. The SMILES string of the molecule is C[C@@H]1Cn2nc(O[C@H]3CCOC3)cc2-c2onc([C@](C)(O)C(F)(F)F)c21. The normalized spacial score (nSPS) is 24.8. The molecule has 2 aromatic rings. The molecule has 0 aliphatic carbocycles. The molecule has 0 saturated carbocycles. The van der Waals surface area contributed by atoms with Gasteiger partial charge in [0.05, 0.1) is 13.2 Å². The van der Waals surface area contributed by atoms with Crippen LogP contribution in [0, 0.1) is 0 Å². The second-order valence-electron chi connectivity index (χ2n) is 6.90. The number of hydrogen-bond acceptors (Lipinski definition) is 6. The minimum Gasteiger partial charge on any atom is -0.471 e. The second-order valence-corrected chi connectivity index (χ2v) is 6.90. The van der Waals surface area contributed by atoms with Gasteiger partial charge in [0, 0.05) is 30.5 Å². The summed E-state index contributed by atoms with van der Waals surface area (Å²) in [6.07, 6.45) is -4.21. The van der Waals surface area contributed by atoms with Crippen LogP contribution in [0.25, 0.3) is 11.5 Å². The number of fused-ring (bicyclic) bond motifs is 3. The fourth-order valence-electron chi connectivity index (χ4n) is 3.32. The molecule has 0 amide bonds. The number of ether oxygens (including phenoxy) is 2. The number of aromatic nitrogens is 3. The average molecular weight is 373 g/mol. The van der Waals surface area contributed by atoms with E-state index in [1.165, 1.54) is 0 Å². The highest BCUT2D eigenvalue weighted by molar-refractivity contribution is 5.63. The van der Waals surface area contributed by atoms with Crippen LogP contribution in [0.4, 0.5) is 13.2 Å². The van der Waals surface area contributed by atoms with Crippen LogP contribution in [-0.2, 0) is 16.9 Å². The Balaban J connectivity index is 1.72. The van der Waals surface area contributed by atoms with Gasteiger partial charge in [-0.25, -0.2) is 0 Å². The summed E-state index contributed by atoms with van der Waals surface area (Å²) in [7, 11) is 0. The molecule has 10 heteroatoms. The highest BCUT2D eigenvalue weighted by Gasteiger charge is 2.55. The first-order chi connectivity index (χ1) is 12.2. The van der Waals surface area contributed by atoms with E-state index in [1.54, 1.807) is 17.7 Å². The third-order valence-corrected chi connectivity index (χ3v) is 4.85. The third kappa shape index (κ3) is 2.59. The molecule has 26 heavy (non-hydrogen) atoms. The lowest BCUT2D eigenvalue weighted by atomic mass is 9.88. The molecule has 4 heterocycles. The van der Waals surface area contributed by atoms with Crippen molar-refractivity contribution in [2.75, 3.05) is 13.2 Å². The molecule has 7 nitrogen and oxygen atoms in total. The zero-order valence-electron chi connectivity index (χ0n) is 14.2. The third-order valence-electron chi connectivity index (χ3n) is 4.85. The van der Waals surface area contributed by atoms with Gasteiger partial charge in [-0.15, -0.1) is 5.10 Å².